The Morgan fingerprint density at radius 1 is 1.38 bits per heavy atom. The van der Waals surface area contributed by atoms with E-state index in [9.17, 15) is 13.6 Å². The summed E-state index contributed by atoms with van der Waals surface area (Å²) in [5.74, 6) is -2.40. The predicted octanol–water partition coefficient (Wildman–Crippen LogP) is 2.96. The highest BCUT2D eigenvalue weighted by molar-refractivity contribution is 7.07. The minimum absolute atomic E-state index is 0.0633. The number of benzene rings is 1. The number of aryl methyl sites for hydroxylation is 1. The number of hydrogen-bond donors (Lipinski definition) is 0. The van der Waals surface area contributed by atoms with Crippen LogP contribution in [-0.2, 0) is 0 Å². The van der Waals surface area contributed by atoms with Gasteiger partial charge in [-0.3, -0.25) is 4.79 Å². The van der Waals surface area contributed by atoms with Gasteiger partial charge in [0.15, 0.2) is 0 Å². The van der Waals surface area contributed by atoms with E-state index in [1.54, 1.807) is 0 Å². The molecule has 0 saturated heterocycles. The Labute approximate surface area is 94.6 Å². The first-order chi connectivity index (χ1) is 7.61. The Hall–Kier alpha value is -1.62. The summed E-state index contributed by atoms with van der Waals surface area (Å²) in [4.78, 5) is 15.5. The molecule has 0 aliphatic rings. The van der Waals surface area contributed by atoms with Crippen molar-refractivity contribution in [2.24, 2.45) is 0 Å². The summed E-state index contributed by atoms with van der Waals surface area (Å²) in [5, 5.41) is 1.46. The molecular weight excluding hydrogens is 232 g/mol. The minimum Gasteiger partial charge on any atom is -0.287 e. The van der Waals surface area contributed by atoms with E-state index in [0.717, 1.165) is 6.07 Å². The molecule has 2 rings (SSSR count). The Kier molecular flexibility index (Phi) is 2.78. The molecule has 2 nitrogen and oxygen atoms in total. The van der Waals surface area contributed by atoms with Gasteiger partial charge in [0, 0.05) is 5.38 Å². The van der Waals surface area contributed by atoms with E-state index in [0.29, 0.717) is 0 Å². The smallest absolute Gasteiger partial charge is 0.218 e. The van der Waals surface area contributed by atoms with E-state index in [2.05, 4.69) is 4.98 Å². The van der Waals surface area contributed by atoms with Crippen molar-refractivity contribution in [3.05, 3.63) is 51.5 Å². The molecule has 1 heterocycles. The maximum absolute atomic E-state index is 13.6. The molecule has 1 aromatic carbocycles. The normalized spacial score (nSPS) is 10.4. The van der Waals surface area contributed by atoms with Crippen LogP contribution < -0.4 is 0 Å². The fourth-order valence-corrected chi connectivity index (χ4v) is 1.85. The van der Waals surface area contributed by atoms with Gasteiger partial charge in [-0.05, 0) is 18.6 Å². The lowest BCUT2D eigenvalue weighted by molar-refractivity contribution is 0.102. The number of nitrogens with zero attached hydrogens (tertiary/aromatic N) is 1. The van der Waals surface area contributed by atoms with Gasteiger partial charge in [-0.25, -0.2) is 13.8 Å². The average Bonchev–Trinajstić information content (AvgIpc) is 2.77. The fraction of sp³-hybridized carbons (Fsp3) is 0.0909. The molecular formula is C11H7F2NOS. The zero-order valence-electron chi connectivity index (χ0n) is 8.33. The molecule has 0 saturated carbocycles. The zero-order chi connectivity index (χ0) is 11.7. The number of carbonyl (C=O) groups excluding carboxylic acids is 1. The number of hydrogen-bond acceptors (Lipinski definition) is 3. The van der Waals surface area contributed by atoms with E-state index in [1.165, 1.54) is 35.2 Å². The van der Waals surface area contributed by atoms with E-state index < -0.39 is 23.0 Å². The second-order valence-electron chi connectivity index (χ2n) is 3.26. The summed E-state index contributed by atoms with van der Waals surface area (Å²) in [5.41, 5.74) is 1.21. The van der Waals surface area contributed by atoms with Crippen LogP contribution in [0.25, 0.3) is 0 Å². The van der Waals surface area contributed by atoms with Gasteiger partial charge in [0.2, 0.25) is 5.78 Å². The van der Waals surface area contributed by atoms with Crippen LogP contribution in [0.1, 0.15) is 21.6 Å². The van der Waals surface area contributed by atoms with Gasteiger partial charge in [-0.15, -0.1) is 11.3 Å². The summed E-state index contributed by atoms with van der Waals surface area (Å²) >= 11 is 1.20. The molecule has 0 amide bonds. The molecule has 0 atom stereocenters. The van der Waals surface area contributed by atoms with Crippen LogP contribution in [0.15, 0.2) is 23.0 Å². The van der Waals surface area contributed by atoms with Gasteiger partial charge in [0.1, 0.15) is 17.3 Å². The first-order valence-electron chi connectivity index (χ1n) is 4.48. The number of aromatic nitrogens is 1. The minimum atomic E-state index is -0.860. The molecule has 82 valence electrons. The van der Waals surface area contributed by atoms with Crippen molar-refractivity contribution in [3.8, 4) is 0 Å². The van der Waals surface area contributed by atoms with Crippen molar-refractivity contribution in [2.45, 2.75) is 6.92 Å². The third kappa shape index (κ3) is 1.74. The van der Waals surface area contributed by atoms with E-state index in [1.807, 2.05) is 0 Å². The van der Waals surface area contributed by atoms with Gasteiger partial charge in [0.05, 0.1) is 11.1 Å². The van der Waals surface area contributed by atoms with Crippen LogP contribution in [0.4, 0.5) is 8.78 Å². The van der Waals surface area contributed by atoms with E-state index >= 15 is 0 Å². The highest BCUT2D eigenvalue weighted by Gasteiger charge is 2.21. The Morgan fingerprint density at radius 3 is 2.75 bits per heavy atom. The molecule has 5 heteroatoms. The third-order valence-electron chi connectivity index (χ3n) is 2.18. The Bertz CT molecular complexity index is 537. The number of halogens is 2. The first-order valence-corrected chi connectivity index (χ1v) is 5.43. The van der Waals surface area contributed by atoms with Crippen molar-refractivity contribution in [2.75, 3.05) is 0 Å². The largest absolute Gasteiger partial charge is 0.287 e. The summed E-state index contributed by atoms with van der Waals surface area (Å²) in [6.07, 6.45) is 0. The van der Waals surface area contributed by atoms with Crippen LogP contribution in [0.5, 0.6) is 0 Å². The van der Waals surface area contributed by atoms with Gasteiger partial charge in [-0.2, -0.15) is 0 Å². The SMILES string of the molecule is Cc1ccc(F)c(C(=O)c2cscn2)c1F. The van der Waals surface area contributed by atoms with Crippen molar-refractivity contribution < 1.29 is 13.6 Å². The molecule has 0 N–H and O–H groups in total. The van der Waals surface area contributed by atoms with Crippen LogP contribution >= 0.6 is 11.3 Å². The monoisotopic (exact) mass is 239 g/mol. The molecule has 0 aliphatic carbocycles. The van der Waals surface area contributed by atoms with Crippen molar-refractivity contribution in [1.29, 1.82) is 0 Å². The lowest BCUT2D eigenvalue weighted by Gasteiger charge is -2.04. The van der Waals surface area contributed by atoms with Crippen molar-refractivity contribution in [3.63, 3.8) is 0 Å². The molecule has 1 aromatic heterocycles. The molecule has 0 aliphatic heterocycles. The molecule has 0 spiro atoms. The van der Waals surface area contributed by atoms with Crippen LogP contribution in [0, 0.1) is 18.6 Å². The second kappa shape index (κ2) is 4.09. The lowest BCUT2D eigenvalue weighted by atomic mass is 10.0. The fourth-order valence-electron chi connectivity index (χ4n) is 1.32. The van der Waals surface area contributed by atoms with E-state index in [4.69, 9.17) is 0 Å². The maximum Gasteiger partial charge on any atom is 0.218 e. The maximum atomic E-state index is 13.6. The summed E-state index contributed by atoms with van der Waals surface area (Å²) in [6.45, 7) is 1.48. The van der Waals surface area contributed by atoms with Gasteiger partial charge in [0.25, 0.3) is 0 Å². The molecule has 16 heavy (non-hydrogen) atoms. The quantitative estimate of drug-likeness (QED) is 0.754. The summed E-state index contributed by atoms with van der Waals surface area (Å²) < 4.78 is 27.0. The number of rotatable bonds is 2. The van der Waals surface area contributed by atoms with Crippen LogP contribution in [-0.4, -0.2) is 10.8 Å². The third-order valence-corrected chi connectivity index (χ3v) is 2.76. The highest BCUT2D eigenvalue weighted by atomic mass is 32.1. The van der Waals surface area contributed by atoms with Gasteiger partial charge >= 0.3 is 0 Å². The number of carbonyl (C=O) groups is 1. The molecule has 0 radical (unpaired) electrons. The average molecular weight is 239 g/mol. The van der Waals surface area contributed by atoms with Crippen LogP contribution in [0.3, 0.4) is 0 Å². The van der Waals surface area contributed by atoms with Gasteiger partial charge < -0.3 is 0 Å². The van der Waals surface area contributed by atoms with Crippen molar-refractivity contribution in [1.82, 2.24) is 4.98 Å². The van der Waals surface area contributed by atoms with E-state index in [-0.39, 0.29) is 11.3 Å². The Morgan fingerprint density at radius 2 is 2.12 bits per heavy atom. The molecule has 0 unspecified atom stereocenters. The number of ketones is 1. The summed E-state index contributed by atoms with van der Waals surface area (Å²) in [6, 6.07) is 2.38. The second-order valence-corrected chi connectivity index (χ2v) is 3.97. The topological polar surface area (TPSA) is 30.0 Å². The lowest BCUT2D eigenvalue weighted by Crippen LogP contribution is -2.09. The molecule has 0 fully saturated rings. The van der Waals surface area contributed by atoms with Crippen LogP contribution in [0.2, 0.25) is 0 Å². The predicted molar refractivity (Wildman–Crippen MR) is 56.6 cm³/mol. The first kappa shape index (κ1) is 10.9. The highest BCUT2D eigenvalue weighted by Crippen LogP contribution is 2.19. The summed E-state index contributed by atoms with van der Waals surface area (Å²) in [7, 11) is 0. The van der Waals surface area contributed by atoms with Gasteiger partial charge in [-0.1, -0.05) is 6.07 Å². The van der Waals surface area contributed by atoms with Crippen molar-refractivity contribution >= 4 is 17.1 Å². The molecule has 2 aromatic rings. The zero-order valence-corrected chi connectivity index (χ0v) is 9.15. The standard InChI is InChI=1S/C11H7F2NOS/c1-6-2-3-7(12)9(10(6)13)11(15)8-4-16-5-14-8/h2-5H,1H3. The molecule has 0 bridgehead atoms. The Balaban J connectivity index is 2.56. The number of thiazole rings is 1.